The first-order chi connectivity index (χ1) is 14.5. The summed E-state index contributed by atoms with van der Waals surface area (Å²) in [4.78, 5) is 16.5. The highest BCUT2D eigenvalue weighted by Gasteiger charge is 2.29. The normalized spacial score (nSPS) is 15.6. The number of hydrogen-bond acceptors (Lipinski definition) is 5. The summed E-state index contributed by atoms with van der Waals surface area (Å²) in [6, 6.07) is 10.3. The summed E-state index contributed by atoms with van der Waals surface area (Å²) < 4.78 is 32.4. The van der Waals surface area contributed by atoms with Crippen LogP contribution in [0.3, 0.4) is 0 Å². The van der Waals surface area contributed by atoms with Crippen molar-refractivity contribution < 1.29 is 17.9 Å². The van der Waals surface area contributed by atoms with Gasteiger partial charge in [-0.15, -0.1) is 0 Å². The quantitative estimate of drug-likeness (QED) is 0.617. The lowest BCUT2D eigenvalue weighted by molar-refractivity contribution is 0.0941. The number of sulfonamides is 1. The van der Waals surface area contributed by atoms with Crippen molar-refractivity contribution in [2.45, 2.75) is 37.5 Å². The topological polar surface area (TPSA) is 88.6 Å². The van der Waals surface area contributed by atoms with Crippen LogP contribution in [0.2, 0.25) is 0 Å². The lowest BCUT2D eigenvalue weighted by atomic mass is 9.98. The molecule has 0 bridgehead atoms. The predicted octanol–water partition coefficient (Wildman–Crippen LogP) is 3.09. The Hall–Kier alpha value is -2.45. The molecule has 1 N–H and O–H groups in total. The number of nitrogens with one attached hydrogen (secondary N) is 1. The predicted molar refractivity (Wildman–Crippen MR) is 115 cm³/mol. The third-order valence-corrected chi connectivity index (χ3v) is 7.16. The second-order valence-electron chi connectivity index (χ2n) is 7.47. The van der Waals surface area contributed by atoms with Gasteiger partial charge in [0.15, 0.2) is 0 Å². The molecule has 7 nitrogen and oxygen atoms in total. The van der Waals surface area contributed by atoms with Gasteiger partial charge in [0.2, 0.25) is 10.0 Å². The van der Waals surface area contributed by atoms with E-state index in [-0.39, 0.29) is 16.7 Å². The summed E-state index contributed by atoms with van der Waals surface area (Å²) in [5.74, 6) is 0.897. The van der Waals surface area contributed by atoms with Crippen molar-refractivity contribution in [2.24, 2.45) is 5.92 Å². The van der Waals surface area contributed by atoms with Gasteiger partial charge in [-0.25, -0.2) is 8.42 Å². The number of carbonyl (C=O) groups excluding carboxylic acids is 1. The number of hydrogen-bond donors (Lipinski definition) is 1. The van der Waals surface area contributed by atoms with Gasteiger partial charge in [0.25, 0.3) is 5.91 Å². The van der Waals surface area contributed by atoms with E-state index in [2.05, 4.69) is 17.2 Å². The summed E-state index contributed by atoms with van der Waals surface area (Å²) in [7, 11) is -3.50. The molecule has 0 saturated carbocycles. The van der Waals surface area contributed by atoms with Crippen LogP contribution in [0.4, 0.5) is 0 Å². The van der Waals surface area contributed by atoms with Crippen molar-refractivity contribution in [3.8, 4) is 5.75 Å². The van der Waals surface area contributed by atoms with E-state index in [0.29, 0.717) is 44.6 Å². The Labute approximate surface area is 178 Å². The molecule has 0 aliphatic carbocycles. The number of nitrogens with zero attached hydrogens (tertiary/aromatic N) is 2. The van der Waals surface area contributed by atoms with Crippen LogP contribution in [-0.2, 0) is 10.0 Å². The molecule has 1 fully saturated rings. The zero-order chi connectivity index (χ0) is 21.4. The summed E-state index contributed by atoms with van der Waals surface area (Å²) in [5.41, 5.74) is 0.592. The van der Waals surface area contributed by atoms with Gasteiger partial charge in [0.05, 0.1) is 6.61 Å². The Balaban J connectivity index is 1.45. The minimum Gasteiger partial charge on any atom is -0.494 e. The first kappa shape index (κ1) is 22.2. The lowest BCUT2D eigenvalue weighted by Crippen LogP contribution is -2.41. The molecule has 8 heteroatoms. The van der Waals surface area contributed by atoms with Crippen LogP contribution in [0.5, 0.6) is 5.75 Å². The van der Waals surface area contributed by atoms with Crippen LogP contribution >= 0.6 is 0 Å². The van der Waals surface area contributed by atoms with Gasteiger partial charge >= 0.3 is 0 Å². The van der Waals surface area contributed by atoms with Gasteiger partial charge in [0, 0.05) is 37.6 Å². The van der Waals surface area contributed by atoms with E-state index in [1.54, 1.807) is 30.5 Å². The fourth-order valence-electron chi connectivity index (χ4n) is 3.38. The Bertz CT molecular complexity index is 909. The summed E-state index contributed by atoms with van der Waals surface area (Å²) in [6.45, 7) is 4.22. The molecule has 30 heavy (non-hydrogen) atoms. The van der Waals surface area contributed by atoms with Crippen LogP contribution < -0.4 is 10.1 Å². The molecule has 2 heterocycles. The summed E-state index contributed by atoms with van der Waals surface area (Å²) in [5, 5.41) is 2.97. The van der Waals surface area contributed by atoms with Gasteiger partial charge in [-0.05, 0) is 61.6 Å². The molecule has 1 aromatic carbocycles. The largest absolute Gasteiger partial charge is 0.494 e. The van der Waals surface area contributed by atoms with Crippen molar-refractivity contribution >= 4 is 15.9 Å². The Morgan fingerprint density at radius 1 is 1.20 bits per heavy atom. The molecule has 1 amide bonds. The van der Waals surface area contributed by atoms with E-state index in [4.69, 9.17) is 4.74 Å². The van der Waals surface area contributed by atoms with E-state index in [1.807, 2.05) is 12.1 Å². The Morgan fingerprint density at radius 2 is 1.93 bits per heavy atom. The number of piperidine rings is 1. The van der Waals surface area contributed by atoms with Crippen LogP contribution in [0.15, 0.2) is 53.7 Å². The third-order valence-electron chi connectivity index (χ3n) is 5.28. The molecule has 1 aromatic heterocycles. The minimum absolute atomic E-state index is 0.125. The summed E-state index contributed by atoms with van der Waals surface area (Å²) >= 11 is 0. The molecular formula is C22H29N3O4S. The van der Waals surface area contributed by atoms with Gasteiger partial charge in [-0.2, -0.15) is 4.31 Å². The number of unbranched alkanes of at least 4 members (excludes halogenated alkanes) is 1. The number of amides is 1. The highest BCUT2D eigenvalue weighted by atomic mass is 32.2. The SMILES string of the molecule is CCCCOc1ccc(C(=O)NCC2CCN(S(=O)(=O)c3cccnc3)CC2)cc1. The smallest absolute Gasteiger partial charge is 0.251 e. The molecule has 1 saturated heterocycles. The number of benzene rings is 1. The van der Waals surface area contributed by atoms with Crippen molar-refractivity contribution in [3.63, 3.8) is 0 Å². The maximum atomic E-state index is 12.7. The average molecular weight is 432 g/mol. The van der Waals surface area contributed by atoms with Gasteiger partial charge < -0.3 is 10.1 Å². The molecule has 1 aliphatic heterocycles. The van der Waals surface area contributed by atoms with Crippen molar-refractivity contribution in [3.05, 3.63) is 54.4 Å². The fraction of sp³-hybridized carbons (Fsp3) is 0.455. The second kappa shape index (κ2) is 10.5. The number of rotatable bonds is 9. The number of carbonyl (C=O) groups is 1. The molecule has 0 atom stereocenters. The van der Waals surface area contributed by atoms with Crippen LogP contribution in [0, 0.1) is 5.92 Å². The zero-order valence-corrected chi connectivity index (χ0v) is 18.1. The van der Waals surface area contributed by atoms with E-state index in [0.717, 1.165) is 18.6 Å². The monoisotopic (exact) mass is 431 g/mol. The highest BCUT2D eigenvalue weighted by Crippen LogP contribution is 2.23. The van der Waals surface area contributed by atoms with E-state index < -0.39 is 10.0 Å². The number of aromatic nitrogens is 1. The van der Waals surface area contributed by atoms with Crippen molar-refractivity contribution in [2.75, 3.05) is 26.2 Å². The standard InChI is InChI=1S/C22H29N3O4S/c1-2-3-15-29-20-8-6-19(7-9-20)22(26)24-16-18-10-13-25(14-11-18)30(27,28)21-5-4-12-23-17-21/h4-9,12,17-18H,2-3,10-11,13-16H2,1H3,(H,24,26). The fourth-order valence-corrected chi connectivity index (χ4v) is 4.81. The first-order valence-electron chi connectivity index (χ1n) is 10.4. The van der Waals surface area contributed by atoms with Crippen LogP contribution in [0.1, 0.15) is 43.0 Å². The highest BCUT2D eigenvalue weighted by molar-refractivity contribution is 7.89. The molecule has 162 valence electrons. The maximum absolute atomic E-state index is 12.7. The van der Waals surface area contributed by atoms with E-state index in [9.17, 15) is 13.2 Å². The third kappa shape index (κ3) is 5.79. The number of ether oxygens (including phenoxy) is 1. The Morgan fingerprint density at radius 3 is 2.57 bits per heavy atom. The van der Waals surface area contributed by atoms with Crippen LogP contribution in [-0.4, -0.2) is 49.9 Å². The summed E-state index contributed by atoms with van der Waals surface area (Å²) in [6.07, 6.45) is 6.44. The van der Waals surface area contributed by atoms with Crippen molar-refractivity contribution in [1.82, 2.24) is 14.6 Å². The zero-order valence-electron chi connectivity index (χ0n) is 17.3. The van der Waals surface area contributed by atoms with Crippen LogP contribution in [0.25, 0.3) is 0 Å². The molecule has 1 aliphatic rings. The van der Waals surface area contributed by atoms with Gasteiger partial charge in [0.1, 0.15) is 10.6 Å². The molecule has 0 radical (unpaired) electrons. The van der Waals surface area contributed by atoms with E-state index >= 15 is 0 Å². The van der Waals surface area contributed by atoms with Crippen molar-refractivity contribution in [1.29, 1.82) is 0 Å². The molecular weight excluding hydrogens is 402 g/mol. The lowest BCUT2D eigenvalue weighted by Gasteiger charge is -2.31. The van der Waals surface area contributed by atoms with Gasteiger partial charge in [-0.1, -0.05) is 13.3 Å². The molecule has 0 spiro atoms. The minimum atomic E-state index is -3.50. The number of pyridine rings is 1. The molecule has 3 rings (SSSR count). The second-order valence-corrected chi connectivity index (χ2v) is 9.41. The maximum Gasteiger partial charge on any atom is 0.251 e. The van der Waals surface area contributed by atoms with E-state index in [1.165, 1.54) is 10.5 Å². The Kier molecular flexibility index (Phi) is 7.81. The first-order valence-corrected chi connectivity index (χ1v) is 11.9. The van der Waals surface area contributed by atoms with Gasteiger partial charge in [-0.3, -0.25) is 9.78 Å². The average Bonchev–Trinajstić information content (AvgIpc) is 2.79. The molecule has 0 unspecified atom stereocenters. The molecule has 2 aromatic rings.